The highest BCUT2D eigenvalue weighted by molar-refractivity contribution is 14.1. The second-order valence-electron chi connectivity index (χ2n) is 2.43. The Morgan fingerprint density at radius 3 is 2.83 bits per heavy atom. The molecule has 1 aromatic heterocycles. The number of hydrogen-bond acceptors (Lipinski definition) is 1. The van der Waals surface area contributed by atoms with Gasteiger partial charge >= 0.3 is 0 Å². The molecule has 0 fully saturated rings. The molecule has 0 bridgehead atoms. The molecule has 0 unspecified atom stereocenters. The average molecular weight is 334 g/mol. The van der Waals surface area contributed by atoms with Gasteiger partial charge in [0.1, 0.15) is 0 Å². The molecular weight excluding hydrogens is 329 g/mol. The molecule has 0 aliphatic heterocycles. The Hall–Kier alpha value is -0.160. The Morgan fingerprint density at radius 1 is 1.25 bits per heavy atom. The van der Waals surface area contributed by atoms with E-state index in [0.717, 1.165) is 9.99 Å². The quantitative estimate of drug-likeness (QED) is 0.671. The van der Waals surface area contributed by atoms with Crippen molar-refractivity contribution in [2.45, 2.75) is 0 Å². The molecule has 0 amide bonds. The van der Waals surface area contributed by atoms with Gasteiger partial charge in [0.15, 0.2) is 0 Å². The first kappa shape index (κ1) is 8.44. The van der Waals surface area contributed by atoms with Gasteiger partial charge in [0.05, 0.1) is 5.52 Å². The number of hydrogen-bond donors (Lipinski definition) is 0. The molecule has 2 aromatic rings. The van der Waals surface area contributed by atoms with Crippen molar-refractivity contribution >= 4 is 49.4 Å². The molecule has 12 heavy (non-hydrogen) atoms. The van der Waals surface area contributed by atoms with E-state index in [0.29, 0.717) is 0 Å². The summed E-state index contributed by atoms with van der Waals surface area (Å²) in [4.78, 5) is 4.29. The van der Waals surface area contributed by atoms with Gasteiger partial charge in [-0.3, -0.25) is 4.98 Å². The fourth-order valence-corrected chi connectivity index (χ4v) is 2.17. The molecule has 1 nitrogen and oxygen atoms in total. The molecule has 3 heteroatoms. The summed E-state index contributed by atoms with van der Waals surface area (Å²) in [5.41, 5.74) is 1.03. The van der Waals surface area contributed by atoms with E-state index in [4.69, 9.17) is 0 Å². The number of rotatable bonds is 0. The summed E-state index contributed by atoms with van der Waals surface area (Å²) in [6.45, 7) is 0. The SMILES string of the molecule is Brc1ccc(I)c2cccnc12. The predicted molar refractivity (Wildman–Crippen MR) is 62.2 cm³/mol. The maximum Gasteiger partial charge on any atom is 0.0854 e. The summed E-state index contributed by atoms with van der Waals surface area (Å²) < 4.78 is 2.29. The van der Waals surface area contributed by atoms with Crippen LogP contribution in [0.15, 0.2) is 34.9 Å². The minimum atomic E-state index is 1.03. The highest BCUT2D eigenvalue weighted by atomic mass is 127. The zero-order chi connectivity index (χ0) is 8.55. The second kappa shape index (κ2) is 3.30. The van der Waals surface area contributed by atoms with Gasteiger partial charge in [-0.1, -0.05) is 6.07 Å². The summed E-state index contributed by atoms with van der Waals surface area (Å²) in [6, 6.07) is 8.14. The number of benzene rings is 1. The maximum absolute atomic E-state index is 4.29. The first-order valence-corrected chi connectivity index (χ1v) is 5.35. The predicted octanol–water partition coefficient (Wildman–Crippen LogP) is 3.60. The van der Waals surface area contributed by atoms with Gasteiger partial charge in [0, 0.05) is 19.6 Å². The molecule has 0 spiro atoms. The number of aromatic nitrogens is 1. The van der Waals surface area contributed by atoms with E-state index in [-0.39, 0.29) is 0 Å². The van der Waals surface area contributed by atoms with Gasteiger partial charge in [-0.05, 0) is 56.7 Å². The molecule has 0 atom stereocenters. The number of nitrogens with zero attached hydrogens (tertiary/aromatic N) is 1. The lowest BCUT2D eigenvalue weighted by atomic mass is 10.2. The van der Waals surface area contributed by atoms with Gasteiger partial charge in [0.2, 0.25) is 0 Å². The third-order valence-electron chi connectivity index (χ3n) is 1.67. The van der Waals surface area contributed by atoms with Gasteiger partial charge in [-0.25, -0.2) is 0 Å². The lowest BCUT2D eigenvalue weighted by molar-refractivity contribution is 1.40. The third kappa shape index (κ3) is 1.35. The highest BCUT2D eigenvalue weighted by Gasteiger charge is 2.01. The van der Waals surface area contributed by atoms with Gasteiger partial charge in [-0.15, -0.1) is 0 Å². The molecule has 0 radical (unpaired) electrons. The normalized spacial score (nSPS) is 10.5. The molecular formula is C9H5BrIN. The van der Waals surface area contributed by atoms with Crippen LogP contribution in [0.3, 0.4) is 0 Å². The molecule has 60 valence electrons. The topological polar surface area (TPSA) is 12.9 Å². The average Bonchev–Trinajstić information content (AvgIpc) is 2.12. The van der Waals surface area contributed by atoms with E-state index in [1.54, 1.807) is 0 Å². The lowest BCUT2D eigenvalue weighted by Crippen LogP contribution is -1.81. The first-order valence-electron chi connectivity index (χ1n) is 3.48. The fourth-order valence-electron chi connectivity index (χ4n) is 1.10. The number of pyridine rings is 1. The third-order valence-corrected chi connectivity index (χ3v) is 3.25. The van der Waals surface area contributed by atoms with Crippen molar-refractivity contribution in [2.75, 3.05) is 0 Å². The molecule has 2 rings (SSSR count). The Kier molecular flexibility index (Phi) is 2.32. The van der Waals surface area contributed by atoms with E-state index in [9.17, 15) is 0 Å². The molecule has 0 aliphatic rings. The van der Waals surface area contributed by atoms with Crippen LogP contribution in [0.4, 0.5) is 0 Å². The van der Waals surface area contributed by atoms with Crippen molar-refractivity contribution in [3.05, 3.63) is 38.5 Å². The summed E-state index contributed by atoms with van der Waals surface area (Å²) in [5, 5.41) is 1.20. The Labute approximate surface area is 92.5 Å². The van der Waals surface area contributed by atoms with E-state index in [1.807, 2.05) is 18.3 Å². The van der Waals surface area contributed by atoms with Crippen LogP contribution in [0, 0.1) is 3.57 Å². The minimum Gasteiger partial charge on any atom is -0.255 e. The second-order valence-corrected chi connectivity index (χ2v) is 4.45. The largest absolute Gasteiger partial charge is 0.255 e. The Bertz CT molecular complexity index is 387. The van der Waals surface area contributed by atoms with E-state index < -0.39 is 0 Å². The molecule has 1 heterocycles. The van der Waals surface area contributed by atoms with Crippen molar-refractivity contribution in [1.29, 1.82) is 0 Å². The van der Waals surface area contributed by atoms with Crippen LogP contribution in [0.2, 0.25) is 0 Å². The van der Waals surface area contributed by atoms with Gasteiger partial charge < -0.3 is 0 Å². The maximum atomic E-state index is 4.29. The summed E-state index contributed by atoms with van der Waals surface area (Å²) in [5.74, 6) is 0. The van der Waals surface area contributed by atoms with Gasteiger partial charge in [0.25, 0.3) is 0 Å². The molecule has 0 saturated carbocycles. The standard InChI is InChI=1S/C9H5BrIN/c10-7-3-4-8(11)6-2-1-5-12-9(6)7/h1-5H. The van der Waals surface area contributed by atoms with Gasteiger partial charge in [-0.2, -0.15) is 0 Å². The fraction of sp³-hybridized carbons (Fsp3) is 0. The Balaban J connectivity index is 2.95. The number of halogens is 2. The van der Waals surface area contributed by atoms with Crippen LogP contribution >= 0.6 is 38.5 Å². The smallest absolute Gasteiger partial charge is 0.0854 e. The van der Waals surface area contributed by atoms with Crippen molar-refractivity contribution < 1.29 is 0 Å². The van der Waals surface area contributed by atoms with Crippen molar-refractivity contribution in [2.24, 2.45) is 0 Å². The molecule has 0 aliphatic carbocycles. The molecule has 0 saturated heterocycles. The van der Waals surface area contributed by atoms with E-state index in [1.165, 1.54) is 8.96 Å². The van der Waals surface area contributed by atoms with Crippen LogP contribution < -0.4 is 0 Å². The minimum absolute atomic E-state index is 1.03. The molecule has 0 N–H and O–H groups in total. The lowest BCUT2D eigenvalue weighted by Gasteiger charge is -2.00. The van der Waals surface area contributed by atoms with Crippen LogP contribution in [0.25, 0.3) is 10.9 Å². The van der Waals surface area contributed by atoms with Crippen LogP contribution in [-0.4, -0.2) is 4.98 Å². The monoisotopic (exact) mass is 333 g/mol. The van der Waals surface area contributed by atoms with Crippen molar-refractivity contribution in [1.82, 2.24) is 4.98 Å². The van der Waals surface area contributed by atoms with E-state index in [2.05, 4.69) is 55.6 Å². The van der Waals surface area contributed by atoms with Crippen molar-refractivity contribution in [3.63, 3.8) is 0 Å². The summed E-state index contributed by atoms with van der Waals surface area (Å²) >= 11 is 5.78. The number of fused-ring (bicyclic) bond motifs is 1. The first-order chi connectivity index (χ1) is 5.79. The Morgan fingerprint density at radius 2 is 2.08 bits per heavy atom. The van der Waals surface area contributed by atoms with Crippen LogP contribution in [0.1, 0.15) is 0 Å². The summed E-state index contributed by atoms with van der Waals surface area (Å²) in [7, 11) is 0. The zero-order valence-electron chi connectivity index (χ0n) is 6.09. The van der Waals surface area contributed by atoms with Crippen LogP contribution in [0.5, 0.6) is 0 Å². The van der Waals surface area contributed by atoms with Crippen LogP contribution in [-0.2, 0) is 0 Å². The molecule has 1 aromatic carbocycles. The van der Waals surface area contributed by atoms with Crippen molar-refractivity contribution in [3.8, 4) is 0 Å². The van der Waals surface area contributed by atoms with E-state index >= 15 is 0 Å². The zero-order valence-corrected chi connectivity index (χ0v) is 9.83. The highest BCUT2D eigenvalue weighted by Crippen LogP contribution is 2.25. The summed E-state index contributed by atoms with van der Waals surface area (Å²) in [6.07, 6.45) is 1.81.